The summed E-state index contributed by atoms with van der Waals surface area (Å²) in [7, 11) is -7.83. The molecular weight excluding hydrogens is 446 g/mol. The molecule has 4 rings (SSSR count). The molecule has 0 N–H and O–H groups in total. The van der Waals surface area contributed by atoms with E-state index in [1.165, 1.54) is 52.8 Å². The van der Waals surface area contributed by atoms with E-state index in [1.807, 2.05) is 0 Å². The Hall–Kier alpha value is -1.74. The third-order valence-electron chi connectivity index (χ3n) is 5.94. The van der Waals surface area contributed by atoms with E-state index in [2.05, 4.69) is 0 Å². The predicted octanol–water partition coefficient (Wildman–Crippen LogP) is 3.70. The largest absolute Gasteiger partial charge is 0.299 e. The molecule has 9 heteroatoms. The van der Waals surface area contributed by atoms with Crippen LogP contribution in [0.2, 0.25) is 5.02 Å². The van der Waals surface area contributed by atoms with Crippen LogP contribution in [-0.4, -0.2) is 39.5 Å². The number of rotatable bonds is 4. The third kappa shape index (κ3) is 3.82. The minimum atomic E-state index is -3.93. The molecule has 1 saturated carbocycles. The maximum Gasteiger partial charge on any atom is 0.243 e. The highest BCUT2D eigenvalue weighted by atomic mass is 35.5. The highest BCUT2D eigenvalue weighted by molar-refractivity contribution is 7.91. The van der Waals surface area contributed by atoms with Crippen LogP contribution < -0.4 is 0 Å². The lowest BCUT2D eigenvalue weighted by molar-refractivity contribution is -0.128. The van der Waals surface area contributed by atoms with Crippen LogP contribution in [0.3, 0.4) is 0 Å². The normalized spacial score (nSPS) is 23.2. The van der Waals surface area contributed by atoms with Crippen molar-refractivity contribution in [3.05, 3.63) is 53.6 Å². The minimum absolute atomic E-state index is 0.0392. The second-order valence-electron chi connectivity index (χ2n) is 7.72. The first kappa shape index (κ1) is 21.5. The van der Waals surface area contributed by atoms with Gasteiger partial charge in [0.2, 0.25) is 19.9 Å². The van der Waals surface area contributed by atoms with E-state index in [1.54, 1.807) is 0 Å². The van der Waals surface area contributed by atoms with Crippen molar-refractivity contribution in [1.29, 1.82) is 0 Å². The Morgan fingerprint density at radius 3 is 2.27 bits per heavy atom. The van der Waals surface area contributed by atoms with Crippen LogP contribution in [0.15, 0.2) is 63.2 Å². The van der Waals surface area contributed by atoms with Crippen LogP contribution >= 0.6 is 11.6 Å². The SMILES string of the molecule is O=C1CCN(S(=O)(=O)c2cccc(S(=O)(=O)c3ccc(Cl)cc3)c2)[C@H]2CCCC[C@@H]12. The average molecular weight is 468 g/mol. The number of ketones is 1. The summed E-state index contributed by atoms with van der Waals surface area (Å²) in [5, 5.41) is 0.409. The van der Waals surface area contributed by atoms with Crippen molar-refractivity contribution in [2.45, 2.75) is 52.8 Å². The van der Waals surface area contributed by atoms with Gasteiger partial charge in [-0.3, -0.25) is 4.79 Å². The minimum Gasteiger partial charge on any atom is -0.299 e. The molecule has 0 radical (unpaired) electrons. The molecule has 1 saturated heterocycles. The maximum absolute atomic E-state index is 13.4. The summed E-state index contributed by atoms with van der Waals surface area (Å²) in [4.78, 5) is 12.2. The number of nitrogens with zero attached hydrogens (tertiary/aromatic N) is 1. The quantitative estimate of drug-likeness (QED) is 0.684. The number of carbonyl (C=O) groups is 1. The van der Waals surface area contributed by atoms with Crippen molar-refractivity contribution in [3.63, 3.8) is 0 Å². The predicted molar refractivity (Wildman–Crippen MR) is 113 cm³/mol. The van der Waals surface area contributed by atoms with Gasteiger partial charge in [0, 0.05) is 29.9 Å². The first-order chi connectivity index (χ1) is 14.2. The standard InChI is InChI=1S/C21H22ClNO5S2/c22-15-8-10-16(11-9-15)29(25,26)17-4-3-5-18(14-17)30(27,28)23-13-12-21(24)19-6-1-2-7-20(19)23/h3-5,8-11,14,19-20H,1-2,6-7,12-13H2/t19-,20+/m1/s1. The molecule has 160 valence electrons. The topological polar surface area (TPSA) is 88.6 Å². The molecule has 2 atom stereocenters. The summed E-state index contributed by atoms with van der Waals surface area (Å²) >= 11 is 5.84. The number of sulfone groups is 1. The van der Waals surface area contributed by atoms with Gasteiger partial charge in [0.1, 0.15) is 5.78 Å². The zero-order chi connectivity index (χ0) is 21.5. The maximum atomic E-state index is 13.4. The average Bonchev–Trinajstić information content (AvgIpc) is 2.74. The number of hydrogen-bond donors (Lipinski definition) is 0. The first-order valence-corrected chi connectivity index (χ1v) is 13.2. The van der Waals surface area contributed by atoms with Crippen molar-refractivity contribution in [3.8, 4) is 0 Å². The highest BCUT2D eigenvalue weighted by Gasteiger charge is 2.44. The summed E-state index contributed by atoms with van der Waals surface area (Å²) in [6.45, 7) is 0.135. The molecule has 0 aromatic heterocycles. The lowest BCUT2D eigenvalue weighted by atomic mass is 9.79. The van der Waals surface area contributed by atoms with Gasteiger partial charge >= 0.3 is 0 Å². The van der Waals surface area contributed by atoms with E-state index >= 15 is 0 Å². The van der Waals surface area contributed by atoms with Gasteiger partial charge in [-0.1, -0.05) is 30.5 Å². The molecule has 6 nitrogen and oxygen atoms in total. The number of halogens is 1. The zero-order valence-corrected chi connectivity index (χ0v) is 18.6. The van der Waals surface area contributed by atoms with E-state index in [-0.39, 0.29) is 45.4 Å². The number of carbonyl (C=O) groups excluding carboxylic acids is 1. The van der Waals surface area contributed by atoms with Gasteiger partial charge in [0.05, 0.1) is 14.7 Å². The summed E-state index contributed by atoms with van der Waals surface area (Å²) < 4.78 is 54.2. The van der Waals surface area contributed by atoms with E-state index in [0.717, 1.165) is 12.8 Å². The Kier molecular flexibility index (Phi) is 5.78. The molecular formula is C21H22ClNO5S2. The number of piperidine rings is 1. The van der Waals surface area contributed by atoms with Gasteiger partial charge in [0.15, 0.2) is 0 Å². The van der Waals surface area contributed by atoms with Gasteiger partial charge in [-0.15, -0.1) is 0 Å². The summed E-state index contributed by atoms with van der Waals surface area (Å²) in [5.74, 6) is -0.131. The van der Waals surface area contributed by atoms with Crippen LogP contribution in [0.5, 0.6) is 0 Å². The Bertz CT molecular complexity index is 1180. The van der Waals surface area contributed by atoms with Gasteiger partial charge in [-0.2, -0.15) is 4.31 Å². The molecule has 1 heterocycles. The van der Waals surface area contributed by atoms with Crippen LogP contribution in [0.25, 0.3) is 0 Å². The molecule has 2 fully saturated rings. The van der Waals surface area contributed by atoms with Crippen molar-refractivity contribution in [2.75, 3.05) is 6.54 Å². The van der Waals surface area contributed by atoms with E-state index in [9.17, 15) is 21.6 Å². The van der Waals surface area contributed by atoms with Gasteiger partial charge < -0.3 is 0 Å². The van der Waals surface area contributed by atoms with Crippen LogP contribution in [-0.2, 0) is 24.7 Å². The third-order valence-corrected chi connectivity index (χ3v) is 9.88. The van der Waals surface area contributed by atoms with Crippen molar-refractivity contribution >= 4 is 37.2 Å². The first-order valence-electron chi connectivity index (χ1n) is 9.86. The molecule has 1 aliphatic heterocycles. The molecule has 30 heavy (non-hydrogen) atoms. The fourth-order valence-corrected chi connectivity index (χ4v) is 7.63. The Labute approximate surface area is 181 Å². The van der Waals surface area contributed by atoms with Crippen molar-refractivity contribution < 1.29 is 21.6 Å². The Balaban J connectivity index is 1.71. The fourth-order valence-electron chi connectivity index (χ4n) is 4.39. The van der Waals surface area contributed by atoms with Gasteiger partial charge in [-0.05, 0) is 55.3 Å². The number of Topliss-reactive ketones (excluding diaryl/α,β-unsaturated/α-hetero) is 1. The number of sulfonamides is 1. The van der Waals surface area contributed by atoms with Crippen molar-refractivity contribution in [1.82, 2.24) is 4.31 Å². The summed E-state index contributed by atoms with van der Waals surface area (Å²) in [5.41, 5.74) is 0. The van der Waals surface area contributed by atoms with E-state index in [0.29, 0.717) is 17.9 Å². The number of fused-ring (bicyclic) bond motifs is 1. The monoisotopic (exact) mass is 467 g/mol. The van der Waals surface area contributed by atoms with E-state index < -0.39 is 19.9 Å². The molecule has 2 aromatic rings. The van der Waals surface area contributed by atoms with Gasteiger partial charge in [-0.25, -0.2) is 16.8 Å². The molecule has 1 aliphatic carbocycles. The van der Waals surface area contributed by atoms with Crippen molar-refractivity contribution in [2.24, 2.45) is 5.92 Å². The Morgan fingerprint density at radius 2 is 1.53 bits per heavy atom. The highest BCUT2D eigenvalue weighted by Crippen LogP contribution is 2.37. The molecule has 0 amide bonds. The lowest BCUT2D eigenvalue weighted by Gasteiger charge is -2.42. The van der Waals surface area contributed by atoms with Crippen LogP contribution in [0.4, 0.5) is 0 Å². The smallest absolute Gasteiger partial charge is 0.243 e. The zero-order valence-electron chi connectivity index (χ0n) is 16.2. The number of hydrogen-bond acceptors (Lipinski definition) is 5. The summed E-state index contributed by atoms with van der Waals surface area (Å²) in [6.07, 6.45) is 3.36. The molecule has 0 bridgehead atoms. The fraction of sp³-hybridized carbons (Fsp3) is 0.381. The van der Waals surface area contributed by atoms with Gasteiger partial charge in [0.25, 0.3) is 0 Å². The number of benzene rings is 2. The lowest BCUT2D eigenvalue weighted by Crippen LogP contribution is -2.53. The molecule has 2 aliphatic rings. The Morgan fingerprint density at radius 1 is 0.867 bits per heavy atom. The van der Waals surface area contributed by atoms with Crippen LogP contribution in [0.1, 0.15) is 32.1 Å². The van der Waals surface area contributed by atoms with Crippen LogP contribution in [0, 0.1) is 5.92 Å². The second kappa shape index (κ2) is 8.07. The second-order valence-corrected chi connectivity index (χ2v) is 12.0. The van der Waals surface area contributed by atoms with E-state index in [4.69, 9.17) is 11.6 Å². The summed E-state index contributed by atoms with van der Waals surface area (Å²) in [6, 6.07) is 10.8. The molecule has 0 spiro atoms. The molecule has 2 aromatic carbocycles. The molecule has 0 unspecified atom stereocenters.